The van der Waals surface area contributed by atoms with Gasteiger partial charge in [0.25, 0.3) is 0 Å². The van der Waals surface area contributed by atoms with Crippen molar-refractivity contribution in [3.05, 3.63) is 29.4 Å². The van der Waals surface area contributed by atoms with Crippen LogP contribution in [0.1, 0.15) is 19.8 Å². The van der Waals surface area contributed by atoms with Crippen LogP contribution in [0.25, 0.3) is 0 Å². The van der Waals surface area contributed by atoms with E-state index in [1.807, 2.05) is 38.5 Å². The van der Waals surface area contributed by atoms with Crippen LogP contribution < -0.4 is 21.3 Å². The highest BCUT2D eigenvalue weighted by molar-refractivity contribution is 7.99. The minimum atomic E-state index is -0.0827. The normalized spacial score (nSPS) is 16.4. The molecule has 0 radical (unpaired) electrons. The maximum atomic E-state index is 6.46. The second-order valence-electron chi connectivity index (χ2n) is 6.74. The predicted molar refractivity (Wildman–Crippen MR) is 111 cm³/mol. The number of nitrogens with zero attached hydrogens (tertiary/aromatic N) is 3. The van der Waals surface area contributed by atoms with Gasteiger partial charge < -0.3 is 21.3 Å². The summed E-state index contributed by atoms with van der Waals surface area (Å²) in [7, 11) is 3.71. The molecule has 1 saturated heterocycles. The van der Waals surface area contributed by atoms with Gasteiger partial charge in [-0.1, -0.05) is 29.4 Å². The molecule has 2 heterocycles. The lowest BCUT2D eigenvalue weighted by Gasteiger charge is -2.37. The monoisotopic (exact) mass is 392 g/mol. The van der Waals surface area contributed by atoms with Gasteiger partial charge in [-0.05, 0) is 31.9 Å². The van der Waals surface area contributed by atoms with Crippen molar-refractivity contribution >= 4 is 40.7 Å². The van der Waals surface area contributed by atoms with Gasteiger partial charge in [-0.3, -0.25) is 0 Å². The number of piperidine rings is 1. The van der Waals surface area contributed by atoms with Crippen molar-refractivity contribution in [3.8, 4) is 0 Å². The molecule has 0 atom stereocenters. The first-order valence-electron chi connectivity index (χ1n) is 8.66. The number of hydrogen-bond acceptors (Lipinski definition) is 7. The molecular weight excluding hydrogens is 368 g/mol. The minimum absolute atomic E-state index is 0.0827. The fraction of sp³-hybridized carbons (Fsp3) is 0.444. The molecule has 26 heavy (non-hydrogen) atoms. The zero-order chi connectivity index (χ0) is 18.7. The number of rotatable bonds is 5. The molecular formula is C18H25ClN6S. The van der Waals surface area contributed by atoms with Gasteiger partial charge in [0.1, 0.15) is 10.8 Å². The Kier molecular flexibility index (Phi) is 5.79. The third kappa shape index (κ3) is 4.16. The first-order valence-corrected chi connectivity index (χ1v) is 9.86. The highest BCUT2D eigenvalue weighted by Gasteiger charge is 2.27. The van der Waals surface area contributed by atoms with Gasteiger partial charge in [-0.15, -0.1) is 0 Å². The summed E-state index contributed by atoms with van der Waals surface area (Å²) in [6.45, 7) is 3.90. The van der Waals surface area contributed by atoms with E-state index in [2.05, 4.69) is 27.4 Å². The first-order chi connectivity index (χ1) is 12.4. The minimum Gasteiger partial charge on any atom is -0.387 e. The second kappa shape index (κ2) is 7.90. The number of nitrogens with one attached hydrogen (secondary N) is 2. The predicted octanol–water partition coefficient (Wildman–Crippen LogP) is 3.68. The van der Waals surface area contributed by atoms with Crippen LogP contribution in [0.5, 0.6) is 0 Å². The van der Waals surface area contributed by atoms with Crippen molar-refractivity contribution in [3.63, 3.8) is 0 Å². The molecule has 3 rings (SSSR count). The van der Waals surface area contributed by atoms with Gasteiger partial charge in [-0.2, -0.15) is 0 Å². The molecule has 2 aromatic rings. The zero-order valence-electron chi connectivity index (χ0n) is 15.3. The Balaban J connectivity index is 1.82. The SMILES string of the molecule is CNc1cccc(Sc2ncc(N3CCC(C)(N)CC3)nc2NC)c1Cl. The topological polar surface area (TPSA) is 79.1 Å². The standard InChI is InChI=1S/C18H25ClN6S/c1-18(20)7-9-25(10-8-18)14-11-23-17(16(22-3)24-14)26-13-6-4-5-12(21-2)15(13)19/h4-6,11,21H,7-10,20H2,1-3H3,(H,22,24). The van der Waals surface area contributed by atoms with Crippen LogP contribution in [0.15, 0.2) is 34.3 Å². The molecule has 140 valence electrons. The van der Waals surface area contributed by atoms with Crippen LogP contribution in [0.3, 0.4) is 0 Å². The lowest BCUT2D eigenvalue weighted by atomic mass is 9.91. The molecule has 0 bridgehead atoms. The summed E-state index contributed by atoms with van der Waals surface area (Å²) in [6.07, 6.45) is 3.73. The number of aromatic nitrogens is 2. The molecule has 8 heteroatoms. The molecule has 0 amide bonds. The Labute approximate surface area is 163 Å². The summed E-state index contributed by atoms with van der Waals surface area (Å²) in [6, 6.07) is 5.90. The Morgan fingerprint density at radius 1 is 1.23 bits per heavy atom. The van der Waals surface area contributed by atoms with Crippen molar-refractivity contribution in [1.29, 1.82) is 0 Å². The van der Waals surface area contributed by atoms with E-state index in [9.17, 15) is 0 Å². The Morgan fingerprint density at radius 3 is 2.62 bits per heavy atom. The molecule has 0 saturated carbocycles. The van der Waals surface area contributed by atoms with Gasteiger partial charge in [-0.25, -0.2) is 9.97 Å². The average molecular weight is 393 g/mol. The van der Waals surface area contributed by atoms with Gasteiger partial charge in [0.2, 0.25) is 0 Å². The summed E-state index contributed by atoms with van der Waals surface area (Å²) in [5.41, 5.74) is 7.04. The largest absolute Gasteiger partial charge is 0.387 e. The van der Waals surface area contributed by atoms with E-state index in [-0.39, 0.29) is 5.54 Å². The summed E-state index contributed by atoms with van der Waals surface area (Å²) >= 11 is 7.97. The lowest BCUT2D eigenvalue weighted by Crippen LogP contribution is -2.48. The zero-order valence-corrected chi connectivity index (χ0v) is 16.9. The summed E-state index contributed by atoms with van der Waals surface area (Å²) < 4.78 is 0. The van der Waals surface area contributed by atoms with Crippen molar-refractivity contribution < 1.29 is 0 Å². The second-order valence-corrected chi connectivity index (χ2v) is 8.15. The van der Waals surface area contributed by atoms with Crippen molar-refractivity contribution in [2.75, 3.05) is 42.7 Å². The van der Waals surface area contributed by atoms with Crippen molar-refractivity contribution in [1.82, 2.24) is 9.97 Å². The molecule has 1 aromatic carbocycles. The molecule has 6 nitrogen and oxygen atoms in total. The maximum absolute atomic E-state index is 6.46. The summed E-state index contributed by atoms with van der Waals surface area (Å²) in [4.78, 5) is 12.6. The van der Waals surface area contributed by atoms with Crippen LogP contribution >= 0.6 is 23.4 Å². The first kappa shape index (κ1) is 19.1. The van der Waals surface area contributed by atoms with Crippen LogP contribution in [0, 0.1) is 0 Å². The highest BCUT2D eigenvalue weighted by Crippen LogP contribution is 2.39. The number of anilines is 3. The van der Waals surface area contributed by atoms with Crippen LogP contribution in [0.4, 0.5) is 17.3 Å². The molecule has 1 aromatic heterocycles. The van der Waals surface area contributed by atoms with Gasteiger partial charge in [0, 0.05) is 37.6 Å². The van der Waals surface area contributed by atoms with E-state index in [4.69, 9.17) is 22.3 Å². The molecule has 0 spiro atoms. The van der Waals surface area contributed by atoms with Crippen LogP contribution in [-0.4, -0.2) is 42.7 Å². The van der Waals surface area contributed by atoms with Crippen LogP contribution in [-0.2, 0) is 0 Å². The fourth-order valence-corrected chi connectivity index (χ4v) is 4.13. The number of hydrogen-bond donors (Lipinski definition) is 3. The number of nitrogens with two attached hydrogens (primary N) is 1. The van der Waals surface area contributed by atoms with Gasteiger partial charge in [0.05, 0.1) is 16.9 Å². The third-order valence-corrected chi connectivity index (χ3v) is 6.20. The summed E-state index contributed by atoms with van der Waals surface area (Å²) in [5.74, 6) is 1.63. The molecule has 4 N–H and O–H groups in total. The van der Waals surface area contributed by atoms with Crippen LogP contribution in [0.2, 0.25) is 5.02 Å². The van der Waals surface area contributed by atoms with Gasteiger partial charge >= 0.3 is 0 Å². The van der Waals surface area contributed by atoms with E-state index in [0.717, 1.165) is 53.2 Å². The Morgan fingerprint density at radius 2 is 1.96 bits per heavy atom. The number of halogens is 1. The van der Waals surface area contributed by atoms with Crippen molar-refractivity contribution in [2.45, 2.75) is 35.2 Å². The molecule has 1 fully saturated rings. The van der Waals surface area contributed by atoms with Crippen molar-refractivity contribution in [2.24, 2.45) is 5.73 Å². The molecule has 0 unspecified atom stereocenters. The van der Waals surface area contributed by atoms with Gasteiger partial charge in [0.15, 0.2) is 5.82 Å². The lowest BCUT2D eigenvalue weighted by molar-refractivity contribution is 0.363. The molecule has 1 aliphatic heterocycles. The maximum Gasteiger partial charge on any atom is 0.161 e. The smallest absolute Gasteiger partial charge is 0.161 e. The van der Waals surface area contributed by atoms with E-state index >= 15 is 0 Å². The third-order valence-electron chi connectivity index (χ3n) is 4.63. The quantitative estimate of drug-likeness (QED) is 0.716. The van der Waals surface area contributed by atoms with E-state index in [1.165, 1.54) is 11.8 Å². The fourth-order valence-electron chi connectivity index (χ4n) is 2.89. The number of benzene rings is 1. The summed E-state index contributed by atoms with van der Waals surface area (Å²) in [5, 5.41) is 7.73. The Hall–Kier alpha value is -1.70. The van der Waals surface area contributed by atoms with E-state index in [1.54, 1.807) is 0 Å². The van der Waals surface area contributed by atoms with E-state index in [0.29, 0.717) is 5.02 Å². The molecule has 0 aliphatic carbocycles. The average Bonchev–Trinajstić information content (AvgIpc) is 2.64. The highest BCUT2D eigenvalue weighted by atomic mass is 35.5. The van der Waals surface area contributed by atoms with E-state index < -0.39 is 0 Å². The Bertz CT molecular complexity index is 772. The molecule has 1 aliphatic rings.